The van der Waals surface area contributed by atoms with Crippen molar-refractivity contribution in [1.82, 2.24) is 4.98 Å². The number of rotatable bonds is 7. The topological polar surface area (TPSA) is 118 Å². The lowest BCUT2D eigenvalue weighted by Crippen LogP contribution is -2.32. The number of benzene rings is 3. The maximum absolute atomic E-state index is 13.1. The summed E-state index contributed by atoms with van der Waals surface area (Å²) in [5.74, 6) is -2.34. The van der Waals surface area contributed by atoms with Crippen molar-refractivity contribution < 1.29 is 23.9 Å². The third-order valence-electron chi connectivity index (χ3n) is 5.76. The van der Waals surface area contributed by atoms with Crippen molar-refractivity contribution in [2.45, 2.75) is 0 Å². The van der Waals surface area contributed by atoms with E-state index in [1.807, 2.05) is 35.7 Å². The number of anilines is 3. The van der Waals surface area contributed by atoms with Crippen molar-refractivity contribution in [2.24, 2.45) is 0 Å². The fraction of sp³-hybridized carbons (Fsp3) is 0.0357. The fourth-order valence-electron chi connectivity index (χ4n) is 3.83. The molecule has 0 fully saturated rings. The van der Waals surface area contributed by atoms with Crippen LogP contribution < -0.4 is 15.5 Å². The summed E-state index contributed by atoms with van der Waals surface area (Å²) in [5.41, 5.74) is 2.74. The van der Waals surface area contributed by atoms with E-state index in [1.54, 1.807) is 18.2 Å². The molecule has 39 heavy (non-hydrogen) atoms. The molecule has 11 heteroatoms. The highest BCUT2D eigenvalue weighted by atomic mass is 35.5. The van der Waals surface area contributed by atoms with Crippen LogP contribution >= 0.6 is 22.9 Å². The predicted molar refractivity (Wildman–Crippen MR) is 149 cm³/mol. The van der Waals surface area contributed by atoms with Gasteiger partial charge in [0.15, 0.2) is 5.13 Å². The third kappa shape index (κ3) is 5.28. The molecule has 0 aliphatic carbocycles. The number of imide groups is 1. The van der Waals surface area contributed by atoms with Crippen LogP contribution in [0.25, 0.3) is 11.3 Å². The molecule has 3 aromatic carbocycles. The number of nitrogens with zero attached hydrogens (tertiary/aromatic N) is 2. The van der Waals surface area contributed by atoms with E-state index in [2.05, 4.69) is 20.4 Å². The number of hydrogen-bond donors (Lipinski definition) is 2. The number of carbonyl (C=O) groups excluding carboxylic acids is 4. The molecule has 0 bridgehead atoms. The van der Waals surface area contributed by atoms with Crippen LogP contribution in [-0.2, 0) is 14.3 Å². The second-order valence-electron chi connectivity index (χ2n) is 8.24. The summed E-state index contributed by atoms with van der Waals surface area (Å²) in [6.07, 6.45) is 0. The summed E-state index contributed by atoms with van der Waals surface area (Å²) < 4.78 is 4.67. The van der Waals surface area contributed by atoms with Crippen molar-refractivity contribution in [3.63, 3.8) is 0 Å². The molecule has 4 aromatic rings. The first-order valence-corrected chi connectivity index (χ1v) is 12.8. The van der Waals surface area contributed by atoms with Gasteiger partial charge in [-0.1, -0.05) is 48.0 Å². The van der Waals surface area contributed by atoms with Crippen molar-refractivity contribution in [3.05, 3.63) is 106 Å². The van der Waals surface area contributed by atoms with E-state index in [1.165, 1.54) is 48.8 Å². The Hall–Kier alpha value is -4.80. The fourth-order valence-corrected chi connectivity index (χ4v) is 4.76. The normalized spacial score (nSPS) is 13.0. The number of halogens is 1. The number of methoxy groups -OCH3 is 1. The number of amides is 3. The summed E-state index contributed by atoms with van der Waals surface area (Å²) in [7, 11) is 1.25. The molecule has 1 aliphatic rings. The van der Waals surface area contributed by atoms with E-state index in [0.717, 1.165) is 16.2 Å². The number of carbonyl (C=O) groups is 4. The zero-order chi connectivity index (χ0) is 27.5. The second-order valence-corrected chi connectivity index (χ2v) is 9.47. The zero-order valence-corrected chi connectivity index (χ0v) is 21.9. The molecule has 0 radical (unpaired) electrons. The van der Waals surface area contributed by atoms with Crippen LogP contribution in [0.2, 0.25) is 0 Å². The van der Waals surface area contributed by atoms with Gasteiger partial charge in [-0.05, 0) is 42.5 Å². The van der Waals surface area contributed by atoms with Gasteiger partial charge in [-0.15, -0.1) is 11.3 Å². The first kappa shape index (κ1) is 25.8. The number of aromatic nitrogens is 1. The molecule has 3 amide bonds. The highest BCUT2D eigenvalue weighted by Gasteiger charge is 2.39. The number of thiazole rings is 1. The maximum atomic E-state index is 13.1. The Morgan fingerprint density at radius 3 is 2.38 bits per heavy atom. The summed E-state index contributed by atoms with van der Waals surface area (Å²) in [6, 6.07) is 21.8. The van der Waals surface area contributed by atoms with Crippen molar-refractivity contribution in [2.75, 3.05) is 22.6 Å². The van der Waals surface area contributed by atoms with Gasteiger partial charge >= 0.3 is 5.97 Å². The van der Waals surface area contributed by atoms with Crippen LogP contribution in [0.3, 0.4) is 0 Å². The minimum atomic E-state index is -0.720. The number of nitrogens with one attached hydrogen (secondary N) is 2. The summed E-state index contributed by atoms with van der Waals surface area (Å²) >= 11 is 7.53. The Morgan fingerprint density at radius 1 is 0.923 bits per heavy atom. The van der Waals surface area contributed by atoms with Crippen LogP contribution in [0.4, 0.5) is 16.5 Å². The van der Waals surface area contributed by atoms with Crippen LogP contribution in [0.5, 0.6) is 0 Å². The minimum absolute atomic E-state index is 0.135. The SMILES string of the molecule is COC(=O)c1ccc(N2C(=O)C(Cl)=C(Nc3cccc(C(=O)Nc4nc(-c5ccccc5)cs4)c3)C2=O)cc1. The second kappa shape index (κ2) is 10.9. The van der Waals surface area contributed by atoms with E-state index in [4.69, 9.17) is 11.6 Å². The molecule has 1 aromatic heterocycles. The van der Waals surface area contributed by atoms with E-state index >= 15 is 0 Å². The average molecular weight is 559 g/mol. The minimum Gasteiger partial charge on any atom is -0.465 e. The lowest BCUT2D eigenvalue weighted by Gasteiger charge is -2.15. The van der Waals surface area contributed by atoms with Crippen molar-refractivity contribution in [1.29, 1.82) is 0 Å². The molecule has 1 aliphatic heterocycles. The van der Waals surface area contributed by atoms with E-state index < -0.39 is 23.7 Å². The van der Waals surface area contributed by atoms with Gasteiger partial charge in [0, 0.05) is 22.2 Å². The third-order valence-corrected chi connectivity index (χ3v) is 6.87. The lowest BCUT2D eigenvalue weighted by molar-refractivity contribution is -0.120. The first-order chi connectivity index (χ1) is 18.9. The zero-order valence-electron chi connectivity index (χ0n) is 20.3. The Kier molecular flexibility index (Phi) is 7.22. The smallest absolute Gasteiger partial charge is 0.337 e. The maximum Gasteiger partial charge on any atom is 0.337 e. The van der Waals surface area contributed by atoms with Crippen molar-refractivity contribution >= 4 is 63.1 Å². The van der Waals surface area contributed by atoms with Gasteiger partial charge in [-0.3, -0.25) is 19.7 Å². The molecule has 2 N–H and O–H groups in total. The molecule has 0 unspecified atom stereocenters. The Bertz CT molecular complexity index is 1630. The van der Waals surface area contributed by atoms with Gasteiger partial charge in [0.05, 0.1) is 24.1 Å². The quantitative estimate of drug-likeness (QED) is 0.234. The lowest BCUT2D eigenvalue weighted by atomic mass is 10.2. The summed E-state index contributed by atoms with van der Waals surface area (Å²) in [6.45, 7) is 0. The average Bonchev–Trinajstić information content (AvgIpc) is 3.51. The molecule has 194 valence electrons. The monoisotopic (exact) mass is 558 g/mol. The van der Waals surface area contributed by atoms with Gasteiger partial charge in [0.1, 0.15) is 10.7 Å². The summed E-state index contributed by atoms with van der Waals surface area (Å²) in [4.78, 5) is 55.8. The number of hydrogen-bond acceptors (Lipinski definition) is 8. The molecule has 0 atom stereocenters. The van der Waals surface area contributed by atoms with Crippen LogP contribution in [0.15, 0.2) is 95.0 Å². The highest BCUT2D eigenvalue weighted by Crippen LogP contribution is 2.31. The predicted octanol–water partition coefficient (Wildman–Crippen LogP) is 5.28. The Morgan fingerprint density at radius 2 is 1.67 bits per heavy atom. The molecule has 9 nitrogen and oxygen atoms in total. The van der Waals surface area contributed by atoms with E-state index in [9.17, 15) is 19.2 Å². The molecule has 5 rings (SSSR count). The number of ether oxygens (including phenoxy) is 1. The molecular formula is C28H19ClN4O5S. The summed E-state index contributed by atoms with van der Waals surface area (Å²) in [5, 5.41) is 7.63. The highest BCUT2D eigenvalue weighted by molar-refractivity contribution is 7.14. The van der Waals surface area contributed by atoms with Gasteiger partial charge < -0.3 is 10.1 Å². The standard InChI is InChI=1S/C28H19ClN4O5S/c1-38-27(37)17-10-12-20(13-11-17)33-25(35)22(29)23(26(33)36)30-19-9-5-8-18(14-19)24(34)32-28-31-21(15-39-28)16-6-3-2-4-7-16/h2-15,30H,1H3,(H,31,32,34). The van der Waals surface area contributed by atoms with Crippen LogP contribution in [0, 0.1) is 0 Å². The molecule has 2 heterocycles. The van der Waals surface area contributed by atoms with Gasteiger partial charge in [-0.2, -0.15) is 0 Å². The molecule has 0 saturated heterocycles. The van der Waals surface area contributed by atoms with Crippen LogP contribution in [0.1, 0.15) is 20.7 Å². The van der Waals surface area contributed by atoms with Crippen molar-refractivity contribution in [3.8, 4) is 11.3 Å². The molecule has 0 saturated carbocycles. The van der Waals surface area contributed by atoms with Gasteiger partial charge in [0.2, 0.25) is 0 Å². The van der Waals surface area contributed by atoms with E-state index in [0.29, 0.717) is 16.4 Å². The van der Waals surface area contributed by atoms with Gasteiger partial charge in [0.25, 0.3) is 17.7 Å². The molecular weight excluding hydrogens is 540 g/mol. The molecule has 0 spiro atoms. The first-order valence-electron chi connectivity index (χ1n) is 11.5. The van der Waals surface area contributed by atoms with E-state index in [-0.39, 0.29) is 22.0 Å². The van der Waals surface area contributed by atoms with Gasteiger partial charge in [-0.25, -0.2) is 14.7 Å². The number of esters is 1. The van der Waals surface area contributed by atoms with Crippen LogP contribution in [-0.4, -0.2) is 35.8 Å². The Labute approximate surface area is 231 Å². The Balaban J connectivity index is 1.30. The largest absolute Gasteiger partial charge is 0.465 e.